The molecule has 268 valence electrons. The lowest BCUT2D eigenvalue weighted by Gasteiger charge is -2.36. The molecule has 0 saturated carbocycles. The Morgan fingerprint density at radius 3 is 2.16 bits per heavy atom. The zero-order valence-corrected chi connectivity index (χ0v) is 30.5. The average molecular weight is 723 g/mol. The number of rotatable bonds is 17. The molecule has 3 amide bonds. The Morgan fingerprint density at radius 2 is 1.60 bits per heavy atom. The molecule has 13 heteroatoms. The van der Waals surface area contributed by atoms with Crippen molar-refractivity contribution in [2.24, 2.45) is 0 Å². The number of carboxylic acid groups (broad SMARTS) is 1. The maximum Gasteiger partial charge on any atom is 0.326 e. The molecular formula is C37H46N4O7S2. The first-order chi connectivity index (χ1) is 24.1. The van der Waals surface area contributed by atoms with Gasteiger partial charge in [0.15, 0.2) is 6.61 Å². The van der Waals surface area contributed by atoms with Crippen LogP contribution in [-0.4, -0.2) is 64.3 Å². The van der Waals surface area contributed by atoms with Crippen molar-refractivity contribution in [1.29, 1.82) is 0 Å². The van der Waals surface area contributed by atoms with Crippen molar-refractivity contribution in [2.45, 2.75) is 88.6 Å². The van der Waals surface area contributed by atoms with E-state index in [1.807, 2.05) is 30.3 Å². The molecule has 3 atom stereocenters. The van der Waals surface area contributed by atoms with Crippen LogP contribution in [0.3, 0.4) is 0 Å². The van der Waals surface area contributed by atoms with Crippen molar-refractivity contribution in [3.63, 3.8) is 0 Å². The van der Waals surface area contributed by atoms with Gasteiger partial charge < -0.3 is 20.5 Å². The fourth-order valence-corrected chi connectivity index (χ4v) is 7.67. The van der Waals surface area contributed by atoms with Crippen LogP contribution in [0.2, 0.25) is 0 Å². The van der Waals surface area contributed by atoms with Crippen LogP contribution < -0.4 is 20.3 Å². The molecule has 2 aromatic carbocycles. The van der Waals surface area contributed by atoms with Crippen LogP contribution in [0, 0.1) is 0 Å². The number of carbonyl (C=O) groups excluding carboxylic acids is 4. The fraction of sp³-hybridized carbons (Fsp3) is 0.432. The van der Waals surface area contributed by atoms with Crippen LogP contribution in [0.4, 0.5) is 5.69 Å². The van der Waals surface area contributed by atoms with Gasteiger partial charge in [-0.25, -0.2) is 9.52 Å². The first-order valence-corrected chi connectivity index (χ1v) is 19.1. The number of aliphatic carboxylic acids is 1. The Balaban J connectivity index is 1.65. The second-order valence-corrected chi connectivity index (χ2v) is 14.0. The molecule has 0 spiro atoms. The Morgan fingerprint density at radius 1 is 0.980 bits per heavy atom. The summed E-state index contributed by atoms with van der Waals surface area (Å²) < 4.78 is 9.50. The van der Waals surface area contributed by atoms with Gasteiger partial charge in [0.1, 0.15) is 34.3 Å². The van der Waals surface area contributed by atoms with E-state index >= 15 is 0 Å². The molecule has 2 aromatic rings. The molecule has 1 aliphatic carbocycles. The number of Topliss-reactive ketones (excluding diaryl/α,β-unsaturated/α-hetero) is 1. The van der Waals surface area contributed by atoms with Crippen molar-refractivity contribution in [2.75, 3.05) is 17.8 Å². The van der Waals surface area contributed by atoms with Gasteiger partial charge in [0.2, 0.25) is 11.7 Å². The fourth-order valence-electron chi connectivity index (χ4n) is 5.91. The summed E-state index contributed by atoms with van der Waals surface area (Å²) in [6.45, 7) is 5.30. The number of unbranched alkanes of at least 4 members (excludes halogenated alkanes) is 2. The number of anilines is 1. The lowest BCUT2D eigenvalue weighted by Crippen LogP contribution is -2.55. The Kier molecular flexibility index (Phi) is 14.1. The van der Waals surface area contributed by atoms with Crippen LogP contribution in [0.1, 0.15) is 77.3 Å². The van der Waals surface area contributed by atoms with Crippen molar-refractivity contribution in [3.8, 4) is 0 Å². The highest BCUT2D eigenvalue weighted by atomic mass is 32.2. The van der Waals surface area contributed by atoms with Gasteiger partial charge in [0, 0.05) is 5.69 Å². The van der Waals surface area contributed by atoms with Gasteiger partial charge >= 0.3 is 5.97 Å². The summed E-state index contributed by atoms with van der Waals surface area (Å²) >= 11 is 2.47. The monoisotopic (exact) mass is 722 g/mol. The van der Waals surface area contributed by atoms with Crippen molar-refractivity contribution >= 4 is 58.9 Å². The van der Waals surface area contributed by atoms with E-state index in [4.69, 9.17) is 4.74 Å². The molecule has 0 bridgehead atoms. The van der Waals surface area contributed by atoms with Crippen molar-refractivity contribution in [3.05, 3.63) is 88.7 Å². The van der Waals surface area contributed by atoms with E-state index in [2.05, 4.69) is 29.2 Å². The van der Waals surface area contributed by atoms with Crippen LogP contribution in [0.25, 0.3) is 0 Å². The van der Waals surface area contributed by atoms with Gasteiger partial charge in [-0.05, 0) is 61.2 Å². The number of carboxylic acids is 1. The molecule has 2 aliphatic rings. The summed E-state index contributed by atoms with van der Waals surface area (Å²) in [6.07, 6.45) is 8.31. The van der Waals surface area contributed by atoms with E-state index in [1.165, 1.54) is 23.7 Å². The molecule has 1 unspecified atom stereocenters. The van der Waals surface area contributed by atoms with Crippen LogP contribution >= 0.6 is 23.7 Å². The Bertz CT molecular complexity index is 1590. The molecule has 4 rings (SSSR count). The lowest BCUT2D eigenvalue weighted by molar-refractivity contribution is -0.142. The highest BCUT2D eigenvalue weighted by Crippen LogP contribution is 2.43. The average Bonchev–Trinajstić information content (AvgIpc) is 3.24. The van der Waals surface area contributed by atoms with Gasteiger partial charge in [0.25, 0.3) is 11.8 Å². The van der Waals surface area contributed by atoms with E-state index in [0.717, 1.165) is 25.7 Å². The predicted molar refractivity (Wildman–Crippen MR) is 197 cm³/mol. The number of nitrogens with one attached hydrogen (secondary N) is 3. The molecule has 1 heterocycles. The minimum atomic E-state index is -1.18. The molecule has 1 aliphatic heterocycles. The van der Waals surface area contributed by atoms with Crippen molar-refractivity contribution < 1.29 is 33.8 Å². The molecule has 0 saturated heterocycles. The predicted octanol–water partition coefficient (Wildman–Crippen LogP) is 5.65. The summed E-state index contributed by atoms with van der Waals surface area (Å²) in [5.74, 6) is -2.75. The third kappa shape index (κ3) is 8.98. The number of hydrogen-bond acceptors (Lipinski definition) is 9. The SMILES string of the molecule is CCCCC1(CCCC)NSC2=C(C(=O)C(SC)C(OCC(=O)N[C@@H](C(=O)N[C@@H](CC)C(=O)O)c3ccccc3)=C2)N(c2ccccc2)C1=O. The maximum absolute atomic E-state index is 14.7. The standard InChI is InChI=1S/C37H46N4O7S2/c1-5-8-20-37(21-9-6-2)36(47)41(25-18-14-11-15-19-25)31-28(50-40-37)22-27(33(49-4)32(31)43)48-23-29(42)39-30(24-16-12-10-13-17-24)34(44)38-26(7-3)35(45)46/h10-19,22,26,30,33,40H,5-9,20-21,23H2,1-4H3,(H,38,44)(H,39,42)(H,45,46)/t26-,30+,33?/m0/s1. The number of ether oxygens (including phenoxy) is 1. The Hall–Kier alpha value is -4.07. The van der Waals surface area contributed by atoms with E-state index in [-0.39, 0.29) is 29.6 Å². The number of allylic oxidation sites excluding steroid dienone is 2. The quantitative estimate of drug-likeness (QED) is 0.151. The van der Waals surface area contributed by atoms with Crippen LogP contribution in [-0.2, 0) is 28.7 Å². The summed E-state index contributed by atoms with van der Waals surface area (Å²) in [5, 5.41) is 13.8. The van der Waals surface area contributed by atoms with Gasteiger partial charge in [-0.1, -0.05) is 95.0 Å². The number of nitrogens with zero attached hydrogens (tertiary/aromatic N) is 1. The zero-order valence-electron chi connectivity index (χ0n) is 28.9. The summed E-state index contributed by atoms with van der Waals surface area (Å²) in [5.41, 5.74) is 0.409. The normalized spacial score (nSPS) is 18.4. The lowest BCUT2D eigenvalue weighted by atomic mass is 9.86. The van der Waals surface area contributed by atoms with Crippen molar-refractivity contribution in [1.82, 2.24) is 15.4 Å². The second-order valence-electron chi connectivity index (χ2n) is 12.2. The number of ketones is 1. The molecule has 4 N–H and O–H groups in total. The summed E-state index contributed by atoms with van der Waals surface area (Å²) in [7, 11) is 0. The van der Waals surface area contributed by atoms with E-state index < -0.39 is 47.3 Å². The highest BCUT2D eigenvalue weighted by molar-refractivity contribution is 8.01. The maximum atomic E-state index is 14.7. The topological polar surface area (TPSA) is 154 Å². The number of carbonyl (C=O) groups is 5. The van der Waals surface area contributed by atoms with Crippen LogP contribution in [0.5, 0.6) is 0 Å². The van der Waals surface area contributed by atoms with Gasteiger partial charge in [0.05, 0.1) is 4.91 Å². The van der Waals surface area contributed by atoms with E-state index in [1.54, 1.807) is 54.5 Å². The number of thioether (sulfide) groups is 1. The highest BCUT2D eigenvalue weighted by Gasteiger charge is 2.48. The second kappa shape index (κ2) is 18.2. The molecular weight excluding hydrogens is 677 g/mol. The molecule has 0 radical (unpaired) electrons. The zero-order chi connectivity index (χ0) is 36.3. The molecule has 11 nitrogen and oxygen atoms in total. The number of benzene rings is 2. The number of hydrogen-bond donors (Lipinski definition) is 4. The van der Waals surface area contributed by atoms with E-state index in [0.29, 0.717) is 29.0 Å². The Labute approximate surface area is 302 Å². The minimum absolute atomic E-state index is 0.161. The first-order valence-electron chi connectivity index (χ1n) is 17.0. The van der Waals surface area contributed by atoms with Crippen LogP contribution in [0.15, 0.2) is 83.1 Å². The third-order valence-corrected chi connectivity index (χ3v) is 10.6. The molecule has 0 aromatic heterocycles. The number of para-hydroxylation sites is 1. The summed E-state index contributed by atoms with van der Waals surface area (Å²) in [4.78, 5) is 69.2. The molecule has 0 fully saturated rings. The smallest absolute Gasteiger partial charge is 0.326 e. The number of amides is 3. The largest absolute Gasteiger partial charge is 0.486 e. The van der Waals surface area contributed by atoms with Gasteiger partial charge in [-0.3, -0.25) is 24.1 Å². The summed E-state index contributed by atoms with van der Waals surface area (Å²) in [6, 6.07) is 15.4. The first kappa shape index (κ1) is 38.7. The van der Waals surface area contributed by atoms with Gasteiger partial charge in [-0.15, -0.1) is 11.8 Å². The minimum Gasteiger partial charge on any atom is -0.486 e. The molecule has 50 heavy (non-hydrogen) atoms. The van der Waals surface area contributed by atoms with E-state index in [9.17, 15) is 29.1 Å². The third-order valence-electron chi connectivity index (χ3n) is 8.69. The van der Waals surface area contributed by atoms with Gasteiger partial charge in [-0.2, -0.15) is 0 Å².